The van der Waals surface area contributed by atoms with Gasteiger partial charge in [0, 0.05) is 43.7 Å². The average molecular weight is 411 g/mol. The molecule has 1 aliphatic rings. The molecule has 0 radical (unpaired) electrons. The van der Waals surface area contributed by atoms with Crippen molar-refractivity contribution in [1.29, 1.82) is 0 Å². The van der Waals surface area contributed by atoms with Crippen LogP contribution >= 0.6 is 11.6 Å². The summed E-state index contributed by atoms with van der Waals surface area (Å²) in [5.41, 5.74) is 2.44. The monoisotopic (exact) mass is 410 g/mol. The van der Waals surface area contributed by atoms with Gasteiger partial charge < -0.3 is 4.74 Å². The lowest BCUT2D eigenvalue weighted by Gasteiger charge is -2.25. The van der Waals surface area contributed by atoms with Crippen molar-refractivity contribution in [2.45, 2.75) is 25.5 Å². The van der Waals surface area contributed by atoms with Crippen LogP contribution in [0.4, 0.5) is 4.39 Å². The molecule has 1 aliphatic heterocycles. The highest BCUT2D eigenvalue weighted by molar-refractivity contribution is 6.30. The molecule has 0 N–H and O–H groups in total. The molecule has 1 fully saturated rings. The summed E-state index contributed by atoms with van der Waals surface area (Å²) >= 11 is 5.93. The third-order valence-electron chi connectivity index (χ3n) is 5.60. The SMILES string of the molecule is C[C@H](Oc1ccc(Cl)cn1)[C@H]1CN(Cc2ccccc2)C[C@@H]1c1ccc(F)cc1. The largest absolute Gasteiger partial charge is 0.474 e. The highest BCUT2D eigenvalue weighted by Crippen LogP contribution is 2.37. The molecule has 0 bridgehead atoms. The van der Waals surface area contributed by atoms with E-state index < -0.39 is 0 Å². The quantitative estimate of drug-likeness (QED) is 0.532. The van der Waals surface area contributed by atoms with Crippen LogP contribution < -0.4 is 4.74 Å². The van der Waals surface area contributed by atoms with Crippen molar-refractivity contribution < 1.29 is 9.13 Å². The predicted octanol–water partition coefficient (Wildman–Crippen LogP) is 5.56. The summed E-state index contributed by atoms with van der Waals surface area (Å²) in [7, 11) is 0. The number of halogens is 2. The van der Waals surface area contributed by atoms with E-state index in [9.17, 15) is 4.39 Å². The predicted molar refractivity (Wildman–Crippen MR) is 114 cm³/mol. The Bertz CT molecular complexity index is 918. The van der Waals surface area contributed by atoms with Crippen LogP contribution in [-0.4, -0.2) is 29.1 Å². The van der Waals surface area contributed by atoms with Gasteiger partial charge in [0.2, 0.25) is 5.88 Å². The van der Waals surface area contributed by atoms with Crippen LogP contribution in [0.1, 0.15) is 24.0 Å². The number of pyridine rings is 1. The fourth-order valence-electron chi connectivity index (χ4n) is 4.13. The maximum absolute atomic E-state index is 13.5. The first-order valence-electron chi connectivity index (χ1n) is 9.88. The minimum Gasteiger partial charge on any atom is -0.474 e. The van der Waals surface area contributed by atoms with Gasteiger partial charge >= 0.3 is 0 Å². The highest BCUT2D eigenvalue weighted by atomic mass is 35.5. The fraction of sp³-hybridized carbons (Fsp3) is 0.292. The molecule has 3 atom stereocenters. The van der Waals surface area contributed by atoms with Crippen LogP contribution in [0, 0.1) is 11.7 Å². The maximum Gasteiger partial charge on any atom is 0.213 e. The molecular weight excluding hydrogens is 387 g/mol. The maximum atomic E-state index is 13.5. The summed E-state index contributed by atoms with van der Waals surface area (Å²) in [6, 6.07) is 20.9. The van der Waals surface area contributed by atoms with E-state index in [-0.39, 0.29) is 23.8 Å². The van der Waals surface area contributed by atoms with Crippen molar-refractivity contribution in [2.24, 2.45) is 5.92 Å². The third kappa shape index (κ3) is 4.95. The van der Waals surface area contributed by atoms with Crippen LogP contribution in [0.5, 0.6) is 5.88 Å². The lowest BCUT2D eigenvalue weighted by molar-refractivity contribution is 0.138. The molecule has 3 aromatic rings. The fourth-order valence-corrected chi connectivity index (χ4v) is 4.24. The van der Waals surface area contributed by atoms with Gasteiger partial charge in [0.15, 0.2) is 0 Å². The van der Waals surface area contributed by atoms with Crippen LogP contribution in [0.15, 0.2) is 72.9 Å². The first-order valence-corrected chi connectivity index (χ1v) is 10.3. The first-order chi connectivity index (χ1) is 14.1. The Labute approximate surface area is 176 Å². The molecule has 2 aromatic carbocycles. The normalized spacial score (nSPS) is 20.5. The standard InChI is InChI=1S/C24H24ClFN2O/c1-17(29-24-12-9-20(25)13-27-24)22-15-28(14-18-5-3-2-4-6-18)16-23(22)19-7-10-21(26)11-8-19/h2-13,17,22-23H,14-16H2,1H3/t17-,22+,23+/m0/s1. The zero-order valence-corrected chi connectivity index (χ0v) is 17.1. The molecule has 5 heteroatoms. The van der Waals surface area contributed by atoms with E-state index >= 15 is 0 Å². The van der Waals surface area contributed by atoms with E-state index in [0.29, 0.717) is 10.9 Å². The third-order valence-corrected chi connectivity index (χ3v) is 5.82. The van der Waals surface area contributed by atoms with E-state index in [1.165, 1.54) is 5.56 Å². The van der Waals surface area contributed by atoms with Gasteiger partial charge in [0.05, 0.1) is 5.02 Å². The van der Waals surface area contributed by atoms with Gasteiger partial charge in [-0.1, -0.05) is 54.1 Å². The van der Waals surface area contributed by atoms with Crippen LogP contribution in [0.3, 0.4) is 0 Å². The minimum absolute atomic E-state index is 0.0421. The summed E-state index contributed by atoms with van der Waals surface area (Å²) in [4.78, 5) is 6.72. The van der Waals surface area contributed by atoms with Crippen LogP contribution in [-0.2, 0) is 6.54 Å². The Morgan fingerprint density at radius 2 is 1.83 bits per heavy atom. The molecular formula is C24H24ClFN2O. The van der Waals surface area contributed by atoms with Crippen molar-refractivity contribution in [3.63, 3.8) is 0 Å². The highest BCUT2D eigenvalue weighted by Gasteiger charge is 2.38. The summed E-state index contributed by atoms with van der Waals surface area (Å²) in [6.45, 7) is 4.79. The van der Waals surface area contributed by atoms with Gasteiger partial charge in [-0.05, 0) is 36.2 Å². The van der Waals surface area contributed by atoms with Gasteiger partial charge in [-0.3, -0.25) is 4.90 Å². The molecule has 0 amide bonds. The number of rotatable bonds is 6. The van der Waals surface area contributed by atoms with Gasteiger partial charge in [0.25, 0.3) is 0 Å². The second-order valence-corrected chi connectivity index (χ2v) is 8.08. The molecule has 3 nitrogen and oxygen atoms in total. The van der Waals surface area contributed by atoms with E-state index in [2.05, 4.69) is 41.1 Å². The number of hydrogen-bond donors (Lipinski definition) is 0. The molecule has 0 unspecified atom stereocenters. The van der Waals surface area contributed by atoms with Gasteiger partial charge in [-0.15, -0.1) is 0 Å². The molecule has 1 saturated heterocycles. The van der Waals surface area contributed by atoms with E-state index in [0.717, 1.165) is 25.2 Å². The van der Waals surface area contributed by atoms with E-state index in [1.54, 1.807) is 30.5 Å². The molecule has 150 valence electrons. The number of ether oxygens (including phenoxy) is 1. The molecule has 29 heavy (non-hydrogen) atoms. The van der Waals surface area contributed by atoms with Gasteiger partial charge in [0.1, 0.15) is 11.9 Å². The molecule has 0 saturated carbocycles. The Balaban J connectivity index is 1.53. The second kappa shape index (κ2) is 8.93. The molecule has 1 aromatic heterocycles. The number of hydrogen-bond acceptors (Lipinski definition) is 3. The number of aromatic nitrogens is 1. The minimum atomic E-state index is -0.209. The van der Waals surface area contributed by atoms with Crippen LogP contribution in [0.2, 0.25) is 5.02 Å². The zero-order valence-electron chi connectivity index (χ0n) is 16.3. The summed E-state index contributed by atoms with van der Waals surface area (Å²) in [6.07, 6.45) is 1.55. The first kappa shape index (κ1) is 19.9. The van der Waals surface area contributed by atoms with E-state index in [1.807, 2.05) is 18.2 Å². The average Bonchev–Trinajstić information content (AvgIpc) is 3.15. The van der Waals surface area contributed by atoms with Gasteiger partial charge in [-0.25, -0.2) is 9.37 Å². The Hall–Kier alpha value is -2.43. The second-order valence-electron chi connectivity index (χ2n) is 7.64. The Morgan fingerprint density at radius 3 is 2.52 bits per heavy atom. The number of benzene rings is 2. The smallest absolute Gasteiger partial charge is 0.213 e. The summed E-state index contributed by atoms with van der Waals surface area (Å²) in [5, 5.41) is 0.587. The van der Waals surface area contributed by atoms with E-state index in [4.69, 9.17) is 16.3 Å². The molecule has 2 heterocycles. The van der Waals surface area contributed by atoms with Crippen LogP contribution in [0.25, 0.3) is 0 Å². The number of nitrogens with zero attached hydrogens (tertiary/aromatic N) is 2. The number of likely N-dealkylation sites (tertiary alicyclic amines) is 1. The van der Waals surface area contributed by atoms with Crippen molar-refractivity contribution in [3.05, 3.63) is 94.9 Å². The van der Waals surface area contributed by atoms with Gasteiger partial charge in [-0.2, -0.15) is 0 Å². The Morgan fingerprint density at radius 1 is 1.07 bits per heavy atom. The van der Waals surface area contributed by atoms with Crippen molar-refractivity contribution in [3.8, 4) is 5.88 Å². The van der Waals surface area contributed by atoms with Crippen molar-refractivity contribution in [2.75, 3.05) is 13.1 Å². The molecule has 4 rings (SSSR count). The molecule has 0 spiro atoms. The topological polar surface area (TPSA) is 25.4 Å². The lowest BCUT2D eigenvalue weighted by Crippen LogP contribution is -2.30. The van der Waals surface area contributed by atoms with Crippen molar-refractivity contribution >= 4 is 11.6 Å². The molecule has 0 aliphatic carbocycles. The summed E-state index contributed by atoms with van der Waals surface area (Å²) in [5.74, 6) is 0.892. The Kier molecular flexibility index (Phi) is 6.12. The summed E-state index contributed by atoms with van der Waals surface area (Å²) < 4.78 is 19.6. The lowest BCUT2D eigenvalue weighted by atomic mass is 9.86. The van der Waals surface area contributed by atoms with Crippen molar-refractivity contribution in [1.82, 2.24) is 9.88 Å². The zero-order chi connectivity index (χ0) is 20.2.